The second-order valence-corrected chi connectivity index (χ2v) is 8.36. The highest BCUT2D eigenvalue weighted by Crippen LogP contribution is 2.23. The van der Waals surface area contributed by atoms with Gasteiger partial charge in [0.2, 0.25) is 0 Å². The maximum atomic E-state index is 5.43. The van der Waals surface area contributed by atoms with E-state index in [1.54, 1.807) is 0 Å². The number of hydrogen-bond donors (Lipinski definition) is 2. The smallest absolute Gasteiger partial charge is 0.191 e. The molecule has 1 saturated carbocycles. The summed E-state index contributed by atoms with van der Waals surface area (Å²) < 4.78 is 7.54. The second-order valence-electron chi connectivity index (χ2n) is 8.36. The predicted octanol–water partition coefficient (Wildman–Crippen LogP) is 2.29. The minimum Gasteiger partial charge on any atom is -0.379 e. The quantitative estimate of drug-likeness (QED) is 0.220. The van der Waals surface area contributed by atoms with Gasteiger partial charge in [-0.25, -0.2) is 0 Å². The van der Waals surface area contributed by atoms with Crippen LogP contribution in [0.1, 0.15) is 51.8 Å². The molecule has 2 N–H and O–H groups in total. The van der Waals surface area contributed by atoms with Gasteiger partial charge in [-0.1, -0.05) is 13.8 Å². The van der Waals surface area contributed by atoms with Gasteiger partial charge in [-0.3, -0.25) is 9.89 Å². The summed E-state index contributed by atoms with van der Waals surface area (Å²) in [6, 6.07) is 0.540. The van der Waals surface area contributed by atoms with Crippen molar-refractivity contribution in [3.63, 3.8) is 0 Å². The molecule has 0 atom stereocenters. The Morgan fingerprint density at radius 2 is 1.97 bits per heavy atom. The number of guanidine groups is 1. The molecule has 3 rings (SSSR count). The molecule has 2 fully saturated rings. The van der Waals surface area contributed by atoms with Crippen LogP contribution in [0.15, 0.2) is 11.3 Å². The Hall–Kier alpha value is -0.940. The fraction of sp³-hybridized carbons (Fsp3) is 0.857. The molecule has 2 heterocycles. The first kappa shape index (κ1) is 25.3. The minimum absolute atomic E-state index is 0. The fourth-order valence-electron chi connectivity index (χ4n) is 4.09. The molecule has 0 aromatic carbocycles. The number of aromatic nitrogens is 3. The molecule has 1 aliphatic carbocycles. The van der Waals surface area contributed by atoms with Gasteiger partial charge in [0.25, 0.3) is 0 Å². The molecular formula is C21H40IN7O. The van der Waals surface area contributed by atoms with Crippen molar-refractivity contribution in [2.75, 3.05) is 45.9 Å². The molecule has 30 heavy (non-hydrogen) atoms. The summed E-state index contributed by atoms with van der Waals surface area (Å²) in [5.74, 6) is 2.85. The number of ether oxygens (including phenoxy) is 1. The average molecular weight is 534 g/mol. The van der Waals surface area contributed by atoms with Crippen molar-refractivity contribution in [1.82, 2.24) is 30.3 Å². The van der Waals surface area contributed by atoms with E-state index >= 15 is 0 Å². The van der Waals surface area contributed by atoms with E-state index in [4.69, 9.17) is 9.73 Å². The SMILES string of the molecule is CCc1nncn1CCNC(=NCCCN1CCOCC1)NC1CCC(C)CC1.I. The number of aryl methyl sites for hydroxylation is 1. The molecule has 0 bridgehead atoms. The fourth-order valence-corrected chi connectivity index (χ4v) is 4.09. The zero-order chi connectivity index (χ0) is 20.3. The molecule has 0 radical (unpaired) electrons. The Labute approximate surface area is 198 Å². The number of aliphatic imine (C=N–C) groups is 1. The van der Waals surface area contributed by atoms with E-state index in [1.165, 1.54) is 25.7 Å². The lowest BCUT2D eigenvalue weighted by molar-refractivity contribution is 0.0377. The molecule has 2 aliphatic rings. The third-order valence-electron chi connectivity index (χ3n) is 6.02. The molecule has 0 amide bonds. The van der Waals surface area contributed by atoms with E-state index in [0.29, 0.717) is 6.04 Å². The summed E-state index contributed by atoms with van der Waals surface area (Å²) in [5, 5.41) is 15.4. The molecule has 1 aliphatic heterocycles. The molecule has 172 valence electrons. The van der Waals surface area contributed by atoms with Gasteiger partial charge in [0.15, 0.2) is 5.96 Å². The number of hydrogen-bond acceptors (Lipinski definition) is 5. The molecule has 1 aromatic heterocycles. The first-order chi connectivity index (χ1) is 14.2. The van der Waals surface area contributed by atoms with Gasteiger partial charge in [-0.05, 0) is 38.0 Å². The van der Waals surface area contributed by atoms with Crippen molar-refractivity contribution in [3.05, 3.63) is 12.2 Å². The summed E-state index contributed by atoms with van der Waals surface area (Å²) in [6.07, 6.45) is 8.89. The molecule has 0 unspecified atom stereocenters. The first-order valence-electron chi connectivity index (χ1n) is 11.5. The Bertz CT molecular complexity index is 610. The lowest BCUT2D eigenvalue weighted by Crippen LogP contribution is -2.45. The van der Waals surface area contributed by atoms with Crippen molar-refractivity contribution < 1.29 is 4.74 Å². The number of morpholine rings is 1. The summed E-state index contributed by atoms with van der Waals surface area (Å²) in [4.78, 5) is 7.35. The van der Waals surface area contributed by atoms with Crippen LogP contribution in [0.3, 0.4) is 0 Å². The van der Waals surface area contributed by atoms with Gasteiger partial charge in [0.05, 0.1) is 13.2 Å². The van der Waals surface area contributed by atoms with Crippen LogP contribution in [0.4, 0.5) is 0 Å². The van der Waals surface area contributed by atoms with E-state index in [1.807, 2.05) is 6.33 Å². The lowest BCUT2D eigenvalue weighted by atomic mass is 9.87. The molecule has 8 nitrogen and oxygen atoms in total. The summed E-state index contributed by atoms with van der Waals surface area (Å²) in [7, 11) is 0. The van der Waals surface area contributed by atoms with Gasteiger partial charge in [-0.15, -0.1) is 34.2 Å². The first-order valence-corrected chi connectivity index (χ1v) is 11.5. The normalized spacial score (nSPS) is 23.1. The van der Waals surface area contributed by atoms with E-state index in [2.05, 4.69) is 44.1 Å². The van der Waals surface area contributed by atoms with Gasteiger partial charge < -0.3 is 19.9 Å². The largest absolute Gasteiger partial charge is 0.379 e. The number of nitrogens with one attached hydrogen (secondary N) is 2. The molecular weight excluding hydrogens is 493 g/mol. The monoisotopic (exact) mass is 533 g/mol. The van der Waals surface area contributed by atoms with Crippen LogP contribution >= 0.6 is 24.0 Å². The maximum absolute atomic E-state index is 5.43. The van der Waals surface area contributed by atoms with Crippen LogP contribution in [-0.4, -0.2) is 77.6 Å². The summed E-state index contributed by atoms with van der Waals surface area (Å²) in [5.41, 5.74) is 0. The maximum Gasteiger partial charge on any atom is 0.191 e. The number of nitrogens with zero attached hydrogens (tertiary/aromatic N) is 5. The topological polar surface area (TPSA) is 79.6 Å². The van der Waals surface area contributed by atoms with Gasteiger partial charge in [0.1, 0.15) is 12.2 Å². The van der Waals surface area contributed by atoms with E-state index < -0.39 is 0 Å². The zero-order valence-electron chi connectivity index (χ0n) is 18.7. The van der Waals surface area contributed by atoms with Crippen molar-refractivity contribution in [3.8, 4) is 0 Å². The average Bonchev–Trinajstić information content (AvgIpc) is 3.21. The van der Waals surface area contributed by atoms with Gasteiger partial charge in [-0.2, -0.15) is 0 Å². The Morgan fingerprint density at radius 1 is 1.20 bits per heavy atom. The van der Waals surface area contributed by atoms with Crippen LogP contribution in [0.25, 0.3) is 0 Å². The molecule has 0 spiro atoms. The third-order valence-corrected chi connectivity index (χ3v) is 6.02. The Kier molecular flexibility index (Phi) is 12.0. The number of rotatable bonds is 9. The predicted molar refractivity (Wildman–Crippen MR) is 132 cm³/mol. The van der Waals surface area contributed by atoms with Crippen LogP contribution in [-0.2, 0) is 17.7 Å². The minimum atomic E-state index is 0. The van der Waals surface area contributed by atoms with Crippen LogP contribution in [0.5, 0.6) is 0 Å². The van der Waals surface area contributed by atoms with Crippen LogP contribution < -0.4 is 10.6 Å². The van der Waals surface area contributed by atoms with Crippen molar-refractivity contribution in [2.45, 2.75) is 65.0 Å². The summed E-state index contributed by atoms with van der Waals surface area (Å²) in [6.45, 7) is 11.9. The second kappa shape index (κ2) is 14.2. The highest BCUT2D eigenvalue weighted by Gasteiger charge is 2.19. The molecule has 9 heteroatoms. The van der Waals surface area contributed by atoms with E-state index in [-0.39, 0.29) is 24.0 Å². The lowest BCUT2D eigenvalue weighted by Gasteiger charge is -2.28. The zero-order valence-corrected chi connectivity index (χ0v) is 21.0. The molecule has 1 saturated heterocycles. The number of halogens is 1. The van der Waals surface area contributed by atoms with Crippen molar-refractivity contribution in [2.24, 2.45) is 10.9 Å². The summed E-state index contributed by atoms with van der Waals surface area (Å²) >= 11 is 0. The van der Waals surface area contributed by atoms with E-state index in [0.717, 1.165) is 83.0 Å². The highest BCUT2D eigenvalue weighted by molar-refractivity contribution is 14.0. The van der Waals surface area contributed by atoms with Crippen LogP contribution in [0.2, 0.25) is 0 Å². The van der Waals surface area contributed by atoms with Crippen molar-refractivity contribution >= 4 is 29.9 Å². The van der Waals surface area contributed by atoms with Crippen molar-refractivity contribution in [1.29, 1.82) is 0 Å². The standard InChI is InChI=1S/C21H39N7O.HI/c1-3-20-26-24-17-28(20)12-10-23-21(25-19-7-5-18(2)6-8-19)22-9-4-11-27-13-15-29-16-14-27;/h17-19H,3-16H2,1-2H3,(H2,22,23,25);1H. The van der Waals surface area contributed by atoms with Gasteiger partial charge in [0, 0.05) is 51.7 Å². The Balaban J connectivity index is 0.00000320. The van der Waals surface area contributed by atoms with Crippen LogP contribution in [0, 0.1) is 5.92 Å². The molecule has 1 aromatic rings. The highest BCUT2D eigenvalue weighted by atomic mass is 127. The van der Waals surface area contributed by atoms with Gasteiger partial charge >= 0.3 is 0 Å². The third kappa shape index (κ3) is 8.66. The van der Waals surface area contributed by atoms with E-state index in [9.17, 15) is 0 Å². The Morgan fingerprint density at radius 3 is 2.70 bits per heavy atom.